The van der Waals surface area contributed by atoms with Gasteiger partial charge in [-0.1, -0.05) is 0 Å². The molecule has 1 aromatic heterocycles. The Morgan fingerprint density at radius 1 is 1.47 bits per heavy atom. The summed E-state index contributed by atoms with van der Waals surface area (Å²) in [5.41, 5.74) is 0.968. The number of hydrogen-bond acceptors (Lipinski definition) is 5. The van der Waals surface area contributed by atoms with Gasteiger partial charge in [-0.15, -0.1) is 5.10 Å². The molecule has 0 spiro atoms. The summed E-state index contributed by atoms with van der Waals surface area (Å²) < 4.78 is 0. The van der Waals surface area contributed by atoms with E-state index in [9.17, 15) is 9.59 Å². The van der Waals surface area contributed by atoms with Crippen molar-refractivity contribution in [1.29, 1.82) is 0 Å². The van der Waals surface area contributed by atoms with Crippen molar-refractivity contribution in [3.8, 4) is 0 Å². The number of likely N-dealkylation sites (tertiary alicyclic amines) is 1. The summed E-state index contributed by atoms with van der Waals surface area (Å²) in [7, 11) is 1.50. The molecule has 1 saturated heterocycles. The molecule has 1 aliphatic heterocycles. The fourth-order valence-electron chi connectivity index (χ4n) is 1.76. The van der Waals surface area contributed by atoms with Gasteiger partial charge in [0, 0.05) is 13.5 Å². The smallest absolute Gasteiger partial charge is 0.251 e. The summed E-state index contributed by atoms with van der Waals surface area (Å²) in [6, 6.07) is 1.42. The van der Waals surface area contributed by atoms with Gasteiger partial charge >= 0.3 is 0 Å². The molecule has 0 aromatic carbocycles. The minimum atomic E-state index is -0.395. The Labute approximate surface area is 99.0 Å². The van der Waals surface area contributed by atoms with Crippen LogP contribution < -0.4 is 5.32 Å². The zero-order valence-electron chi connectivity index (χ0n) is 9.80. The van der Waals surface area contributed by atoms with E-state index in [4.69, 9.17) is 0 Å². The van der Waals surface area contributed by atoms with Gasteiger partial charge in [-0.2, -0.15) is 5.10 Å². The largest absolute Gasteiger partial charge is 0.357 e. The molecule has 0 saturated carbocycles. The highest BCUT2D eigenvalue weighted by atomic mass is 16.2. The number of likely N-dealkylation sites (N-methyl/N-ethyl adjacent to an activating group) is 1. The van der Waals surface area contributed by atoms with Crippen LogP contribution in [0.1, 0.15) is 18.4 Å². The molecule has 2 amide bonds. The zero-order chi connectivity index (χ0) is 12.4. The second kappa shape index (κ2) is 4.48. The van der Waals surface area contributed by atoms with Crippen molar-refractivity contribution < 1.29 is 9.59 Å². The van der Waals surface area contributed by atoms with E-state index in [2.05, 4.69) is 15.5 Å². The lowest BCUT2D eigenvalue weighted by atomic mass is 10.0. The van der Waals surface area contributed by atoms with Crippen molar-refractivity contribution in [2.24, 2.45) is 0 Å². The van der Waals surface area contributed by atoms with Crippen LogP contribution in [0.5, 0.6) is 0 Å². The second-order valence-electron chi connectivity index (χ2n) is 4.14. The van der Waals surface area contributed by atoms with Crippen molar-refractivity contribution in [3.05, 3.63) is 17.8 Å². The molecule has 1 aromatic rings. The van der Waals surface area contributed by atoms with E-state index in [0.29, 0.717) is 18.7 Å². The molecule has 0 aliphatic carbocycles. The van der Waals surface area contributed by atoms with Crippen LogP contribution in [-0.4, -0.2) is 40.0 Å². The van der Waals surface area contributed by atoms with E-state index < -0.39 is 6.04 Å². The van der Waals surface area contributed by atoms with Crippen LogP contribution in [0.25, 0.3) is 0 Å². The van der Waals surface area contributed by atoms with Crippen molar-refractivity contribution >= 4 is 17.6 Å². The molecule has 1 atom stereocenters. The summed E-state index contributed by atoms with van der Waals surface area (Å²) in [6.07, 6.45) is 2.51. The molecule has 6 heteroatoms. The van der Waals surface area contributed by atoms with Gasteiger partial charge in [0.15, 0.2) is 0 Å². The van der Waals surface area contributed by atoms with Gasteiger partial charge in [0.2, 0.25) is 5.91 Å². The maximum Gasteiger partial charge on any atom is 0.251 e. The van der Waals surface area contributed by atoms with Gasteiger partial charge in [0.1, 0.15) is 11.9 Å². The standard InChI is InChI=1S/C11H14N4O2/c1-7-5-9(14-12-6-7)13-8-3-4-10(16)15(2)11(8)17/h5-6,8H,3-4H2,1-2H3,(H,13,14). The van der Waals surface area contributed by atoms with E-state index in [-0.39, 0.29) is 11.8 Å². The Balaban J connectivity index is 2.09. The molecule has 2 heterocycles. The van der Waals surface area contributed by atoms with Crippen LogP contribution in [-0.2, 0) is 9.59 Å². The van der Waals surface area contributed by atoms with Gasteiger partial charge in [-0.05, 0) is 25.0 Å². The summed E-state index contributed by atoms with van der Waals surface area (Å²) >= 11 is 0. The molecule has 2 rings (SSSR count). The van der Waals surface area contributed by atoms with E-state index >= 15 is 0 Å². The number of amides is 2. The molecule has 6 nitrogen and oxygen atoms in total. The maximum absolute atomic E-state index is 11.8. The first-order chi connectivity index (χ1) is 8.08. The highest BCUT2D eigenvalue weighted by Crippen LogP contribution is 2.15. The Bertz CT molecular complexity index is 461. The number of nitrogens with one attached hydrogen (secondary N) is 1. The SMILES string of the molecule is Cc1cnnc(NC2CCC(=O)N(C)C2=O)c1. The van der Waals surface area contributed by atoms with Crippen LogP contribution in [0.15, 0.2) is 12.3 Å². The Morgan fingerprint density at radius 3 is 2.94 bits per heavy atom. The third-order valence-electron chi connectivity index (χ3n) is 2.76. The van der Waals surface area contributed by atoms with Crippen LogP contribution in [0.4, 0.5) is 5.82 Å². The van der Waals surface area contributed by atoms with E-state index in [1.54, 1.807) is 6.20 Å². The topological polar surface area (TPSA) is 75.2 Å². The summed E-state index contributed by atoms with van der Waals surface area (Å²) in [5.74, 6) is 0.207. The monoisotopic (exact) mass is 234 g/mol. The van der Waals surface area contributed by atoms with Crippen molar-refractivity contribution in [3.63, 3.8) is 0 Å². The first-order valence-electron chi connectivity index (χ1n) is 5.44. The third kappa shape index (κ3) is 2.41. The molecule has 0 radical (unpaired) electrons. The summed E-state index contributed by atoms with van der Waals surface area (Å²) in [6.45, 7) is 1.90. The number of nitrogens with zero attached hydrogens (tertiary/aromatic N) is 3. The minimum absolute atomic E-state index is 0.136. The van der Waals surface area contributed by atoms with Crippen LogP contribution in [0.3, 0.4) is 0 Å². The summed E-state index contributed by atoms with van der Waals surface area (Å²) in [5, 5.41) is 10.7. The first-order valence-corrected chi connectivity index (χ1v) is 5.44. The fourth-order valence-corrected chi connectivity index (χ4v) is 1.76. The third-order valence-corrected chi connectivity index (χ3v) is 2.76. The second-order valence-corrected chi connectivity index (χ2v) is 4.14. The molecule has 1 fully saturated rings. The van der Waals surface area contributed by atoms with Crippen LogP contribution in [0, 0.1) is 6.92 Å². The quantitative estimate of drug-likeness (QED) is 0.747. The number of anilines is 1. The van der Waals surface area contributed by atoms with E-state index in [1.807, 2.05) is 13.0 Å². The number of piperidine rings is 1. The molecule has 1 N–H and O–H groups in total. The van der Waals surface area contributed by atoms with Gasteiger partial charge in [0.05, 0.1) is 6.20 Å². The van der Waals surface area contributed by atoms with Crippen molar-refractivity contribution in [2.45, 2.75) is 25.8 Å². The number of rotatable bonds is 2. The predicted molar refractivity (Wildman–Crippen MR) is 61.2 cm³/mol. The van der Waals surface area contributed by atoms with Crippen molar-refractivity contribution in [2.75, 3.05) is 12.4 Å². The normalized spacial score (nSPS) is 20.6. The van der Waals surface area contributed by atoms with Crippen molar-refractivity contribution in [1.82, 2.24) is 15.1 Å². The molecular formula is C11H14N4O2. The first kappa shape index (κ1) is 11.5. The van der Waals surface area contributed by atoms with Crippen LogP contribution in [0.2, 0.25) is 0 Å². The van der Waals surface area contributed by atoms with E-state index in [1.165, 1.54) is 7.05 Å². The summed E-state index contributed by atoms with van der Waals surface area (Å²) in [4.78, 5) is 24.3. The molecule has 0 bridgehead atoms. The van der Waals surface area contributed by atoms with Gasteiger partial charge in [-0.25, -0.2) is 0 Å². The molecular weight excluding hydrogens is 220 g/mol. The lowest BCUT2D eigenvalue weighted by Crippen LogP contribution is -2.48. The van der Waals surface area contributed by atoms with Gasteiger partial charge in [-0.3, -0.25) is 14.5 Å². The minimum Gasteiger partial charge on any atom is -0.357 e. The average Bonchev–Trinajstić information content (AvgIpc) is 2.30. The lowest BCUT2D eigenvalue weighted by molar-refractivity contribution is -0.146. The Morgan fingerprint density at radius 2 is 2.24 bits per heavy atom. The molecule has 90 valence electrons. The number of hydrogen-bond donors (Lipinski definition) is 1. The number of imide groups is 1. The average molecular weight is 234 g/mol. The van der Waals surface area contributed by atoms with Crippen LogP contribution >= 0.6 is 0 Å². The Hall–Kier alpha value is -1.98. The number of aromatic nitrogens is 2. The Kier molecular flexibility index (Phi) is 3.03. The zero-order valence-corrected chi connectivity index (χ0v) is 9.80. The number of carbonyl (C=O) groups excluding carboxylic acids is 2. The molecule has 17 heavy (non-hydrogen) atoms. The number of carbonyl (C=O) groups is 2. The maximum atomic E-state index is 11.8. The van der Waals surface area contributed by atoms with E-state index in [0.717, 1.165) is 10.5 Å². The van der Waals surface area contributed by atoms with Gasteiger partial charge in [0.25, 0.3) is 5.91 Å². The highest BCUT2D eigenvalue weighted by Gasteiger charge is 2.31. The lowest BCUT2D eigenvalue weighted by Gasteiger charge is -2.28. The molecule has 1 unspecified atom stereocenters. The van der Waals surface area contributed by atoms with Gasteiger partial charge < -0.3 is 5.32 Å². The highest BCUT2D eigenvalue weighted by molar-refractivity contribution is 6.01. The molecule has 1 aliphatic rings. The fraction of sp³-hybridized carbons (Fsp3) is 0.455. The number of aryl methyl sites for hydroxylation is 1. The predicted octanol–water partition coefficient (Wildman–Crippen LogP) is 0.344.